The van der Waals surface area contributed by atoms with Gasteiger partial charge in [-0.05, 0) is 13.8 Å². The number of carbonyl (C=O) groups excluding carboxylic acids is 1. The van der Waals surface area contributed by atoms with Gasteiger partial charge in [-0.1, -0.05) is 6.08 Å². The Morgan fingerprint density at radius 3 is 3.00 bits per heavy atom. The summed E-state index contributed by atoms with van der Waals surface area (Å²) in [5.74, 6) is -0.572. The van der Waals surface area contributed by atoms with Crippen molar-refractivity contribution in [3.05, 3.63) is 16.9 Å². The molecular weight excluding hydrogens is 234 g/mol. The molecule has 0 amide bonds. The minimum absolute atomic E-state index is 0.0984. The van der Waals surface area contributed by atoms with E-state index in [1.807, 2.05) is 0 Å². The minimum Gasteiger partial charge on any atom is -0.633 e. The lowest BCUT2D eigenvalue weighted by Crippen LogP contribution is -2.43. The van der Waals surface area contributed by atoms with Crippen LogP contribution in [0.1, 0.15) is 26.7 Å². The van der Waals surface area contributed by atoms with Crippen molar-refractivity contribution in [1.29, 1.82) is 0 Å². The molecule has 2 heterocycles. The lowest BCUT2D eigenvalue weighted by atomic mass is 9.97. The first-order valence-corrected chi connectivity index (χ1v) is 6.54. The Morgan fingerprint density at radius 1 is 1.61 bits per heavy atom. The summed E-state index contributed by atoms with van der Waals surface area (Å²) < 4.78 is 4.89. The van der Waals surface area contributed by atoms with Gasteiger partial charge in [0.05, 0.1) is 18.5 Å². The largest absolute Gasteiger partial charge is 0.633 e. The van der Waals surface area contributed by atoms with Gasteiger partial charge >= 0.3 is 5.97 Å². The van der Waals surface area contributed by atoms with Crippen molar-refractivity contribution >= 4 is 5.97 Å². The van der Waals surface area contributed by atoms with E-state index >= 15 is 0 Å². The van der Waals surface area contributed by atoms with E-state index in [-0.39, 0.29) is 35.7 Å². The van der Waals surface area contributed by atoms with Crippen LogP contribution in [-0.4, -0.2) is 47.6 Å². The molecule has 18 heavy (non-hydrogen) atoms. The molecule has 2 rings (SSSR count). The molecule has 2 aliphatic heterocycles. The van der Waals surface area contributed by atoms with Crippen LogP contribution in [0.3, 0.4) is 0 Å². The number of nitrogens with zero attached hydrogens (tertiary/aromatic N) is 1. The normalized spacial score (nSPS) is 39.8. The van der Waals surface area contributed by atoms with Crippen molar-refractivity contribution < 1.29 is 19.3 Å². The second kappa shape index (κ2) is 4.99. The number of aliphatic hydroxyl groups is 1. The van der Waals surface area contributed by atoms with E-state index in [1.165, 1.54) is 0 Å². The number of rotatable bonds is 3. The average molecular weight is 255 g/mol. The van der Waals surface area contributed by atoms with Crippen LogP contribution < -0.4 is 0 Å². The smallest absolute Gasteiger partial charge is 0.333 e. The number of esters is 1. The van der Waals surface area contributed by atoms with E-state index < -0.39 is 6.10 Å². The van der Waals surface area contributed by atoms with Gasteiger partial charge < -0.3 is 19.7 Å². The molecule has 5 heteroatoms. The van der Waals surface area contributed by atoms with Gasteiger partial charge in [-0.15, -0.1) is 0 Å². The van der Waals surface area contributed by atoms with Gasteiger partial charge in [-0.3, -0.25) is 0 Å². The Hall–Kier alpha value is -0.910. The Morgan fingerprint density at radius 2 is 2.33 bits per heavy atom. The van der Waals surface area contributed by atoms with Crippen LogP contribution in [0.5, 0.6) is 0 Å². The molecule has 0 aliphatic carbocycles. The summed E-state index contributed by atoms with van der Waals surface area (Å²) in [6.45, 7) is 4.45. The predicted molar refractivity (Wildman–Crippen MR) is 66.3 cm³/mol. The number of ether oxygens (including phenoxy) is 1. The fraction of sp³-hybridized carbons (Fsp3) is 0.769. The van der Waals surface area contributed by atoms with Crippen LogP contribution in [0.15, 0.2) is 11.6 Å². The van der Waals surface area contributed by atoms with E-state index in [1.54, 1.807) is 19.9 Å². The predicted octanol–water partition coefficient (Wildman–Crippen LogP) is 0.963. The molecule has 0 saturated carbocycles. The third-order valence-corrected chi connectivity index (χ3v) is 4.29. The highest BCUT2D eigenvalue weighted by molar-refractivity contribution is 5.87. The molecule has 1 N–H and O–H groups in total. The molecule has 0 radical (unpaired) electrons. The van der Waals surface area contributed by atoms with Crippen LogP contribution in [0.25, 0.3) is 0 Å². The van der Waals surface area contributed by atoms with E-state index in [0.29, 0.717) is 12.1 Å². The van der Waals surface area contributed by atoms with Gasteiger partial charge in [0.15, 0.2) is 0 Å². The van der Waals surface area contributed by atoms with Crippen molar-refractivity contribution in [2.45, 2.75) is 38.8 Å². The number of hydroxylamine groups is 3. The fourth-order valence-corrected chi connectivity index (χ4v) is 3.09. The van der Waals surface area contributed by atoms with Gasteiger partial charge in [0, 0.05) is 18.4 Å². The molecule has 0 aromatic rings. The molecule has 102 valence electrons. The third-order valence-electron chi connectivity index (χ3n) is 4.29. The number of hydrogen-bond acceptors (Lipinski definition) is 4. The summed E-state index contributed by atoms with van der Waals surface area (Å²) in [7, 11) is 0. The van der Waals surface area contributed by atoms with Crippen LogP contribution in [0, 0.1) is 11.1 Å². The lowest BCUT2D eigenvalue weighted by molar-refractivity contribution is -0.882. The second-order valence-electron chi connectivity index (χ2n) is 5.37. The summed E-state index contributed by atoms with van der Waals surface area (Å²) in [6, 6.07) is -0.0984. The Bertz CT molecular complexity index is 368. The van der Waals surface area contributed by atoms with Crippen molar-refractivity contribution in [2.75, 3.05) is 19.7 Å². The summed E-state index contributed by atoms with van der Waals surface area (Å²) in [4.78, 5) is 11.6. The molecule has 0 aromatic heterocycles. The highest BCUT2D eigenvalue weighted by Gasteiger charge is 2.51. The molecule has 0 unspecified atom stereocenters. The second-order valence-corrected chi connectivity index (χ2v) is 5.37. The average Bonchev–Trinajstić information content (AvgIpc) is 2.79. The summed E-state index contributed by atoms with van der Waals surface area (Å²) in [6.07, 6.45) is 2.77. The van der Waals surface area contributed by atoms with E-state index in [4.69, 9.17) is 4.74 Å². The van der Waals surface area contributed by atoms with E-state index in [9.17, 15) is 15.1 Å². The van der Waals surface area contributed by atoms with Crippen molar-refractivity contribution in [1.82, 2.24) is 0 Å². The van der Waals surface area contributed by atoms with Crippen molar-refractivity contribution in [2.24, 2.45) is 5.92 Å². The fourth-order valence-electron chi connectivity index (χ4n) is 3.09. The monoisotopic (exact) mass is 255 g/mol. The lowest BCUT2D eigenvalue weighted by Gasteiger charge is -2.39. The van der Waals surface area contributed by atoms with Crippen molar-refractivity contribution in [3.8, 4) is 0 Å². The van der Waals surface area contributed by atoms with E-state index in [2.05, 4.69) is 0 Å². The summed E-state index contributed by atoms with van der Waals surface area (Å²) in [5.41, 5.74) is 0.553. The van der Waals surface area contributed by atoms with Gasteiger partial charge in [0.1, 0.15) is 19.3 Å². The summed E-state index contributed by atoms with van der Waals surface area (Å²) >= 11 is 0. The van der Waals surface area contributed by atoms with Gasteiger partial charge in [0.2, 0.25) is 0 Å². The maximum atomic E-state index is 12.3. The zero-order chi connectivity index (χ0) is 13.3. The molecule has 2 fully saturated rings. The summed E-state index contributed by atoms with van der Waals surface area (Å²) in [5, 5.41) is 22.3. The van der Waals surface area contributed by atoms with Crippen molar-refractivity contribution in [3.63, 3.8) is 0 Å². The molecule has 2 saturated heterocycles. The third kappa shape index (κ3) is 2.30. The van der Waals surface area contributed by atoms with Gasteiger partial charge in [-0.25, -0.2) is 4.79 Å². The Kier molecular flexibility index (Phi) is 3.75. The van der Waals surface area contributed by atoms with Crippen LogP contribution in [0.2, 0.25) is 0 Å². The zero-order valence-electron chi connectivity index (χ0n) is 11.0. The maximum absolute atomic E-state index is 12.3. The molecule has 0 spiro atoms. The Labute approximate surface area is 107 Å². The zero-order valence-corrected chi connectivity index (χ0v) is 11.0. The topological polar surface area (TPSA) is 69.6 Å². The minimum atomic E-state index is -0.647. The van der Waals surface area contributed by atoms with Crippen LogP contribution >= 0.6 is 0 Å². The first-order chi connectivity index (χ1) is 8.48. The quantitative estimate of drug-likeness (QED) is 0.353. The Balaban J connectivity index is 1.95. The molecular formula is C13H21NO4. The van der Waals surface area contributed by atoms with Gasteiger partial charge in [-0.2, -0.15) is 0 Å². The molecule has 5 nitrogen and oxygen atoms in total. The first kappa shape index (κ1) is 13.5. The number of carbonyl (C=O) groups is 1. The first-order valence-electron chi connectivity index (χ1n) is 6.54. The number of fused-ring (bicyclic) bond motifs is 1. The standard InChI is InChI=1S/C13H21NO4/c1-3-9(2)13(16)18-8-10-11-5-4-6-14(11,17)7-12(10)15/h3,10-12,15H,4-8H2,1-2H3/b9-3-/t10-,11-,12-,14-/m0/s1. The number of quaternary nitrogens is 1. The van der Waals surface area contributed by atoms with Gasteiger partial charge in [0.25, 0.3) is 0 Å². The molecule has 0 aromatic carbocycles. The SMILES string of the molecule is C/C=C(/C)C(=O)OC[C@@H]1[C@@H](O)C[N@@+]2([O-])CCC[C@@H]12. The number of hydrogen-bond donors (Lipinski definition) is 1. The molecule has 2 aliphatic rings. The molecule has 4 atom stereocenters. The highest BCUT2D eigenvalue weighted by atomic mass is 16.6. The highest BCUT2D eigenvalue weighted by Crippen LogP contribution is 2.39. The number of aliphatic hydroxyl groups excluding tert-OH is 1. The molecule has 0 bridgehead atoms. The maximum Gasteiger partial charge on any atom is 0.333 e. The van der Waals surface area contributed by atoms with Crippen LogP contribution in [-0.2, 0) is 9.53 Å². The number of allylic oxidation sites excluding steroid dienone is 1. The van der Waals surface area contributed by atoms with E-state index in [0.717, 1.165) is 12.8 Å². The van der Waals surface area contributed by atoms with Crippen LogP contribution in [0.4, 0.5) is 0 Å².